The third kappa shape index (κ3) is 3.93. The molecular formula is C18H24N4O2. The molecule has 1 aliphatic rings. The first-order valence-electron chi connectivity index (χ1n) is 8.51. The third-order valence-corrected chi connectivity index (χ3v) is 4.33. The molecule has 0 bridgehead atoms. The quantitative estimate of drug-likeness (QED) is 0.914. The Morgan fingerprint density at radius 1 is 1.25 bits per heavy atom. The maximum Gasteiger partial charge on any atom is 0.258 e. The lowest BCUT2D eigenvalue weighted by Gasteiger charge is -2.11. The molecule has 1 N–H and O–H groups in total. The Balaban J connectivity index is 1.53. The van der Waals surface area contributed by atoms with E-state index < -0.39 is 0 Å². The van der Waals surface area contributed by atoms with Crippen molar-refractivity contribution >= 4 is 5.91 Å². The minimum atomic E-state index is -0.151. The van der Waals surface area contributed by atoms with E-state index in [2.05, 4.69) is 20.1 Å². The maximum atomic E-state index is 12.1. The smallest absolute Gasteiger partial charge is 0.258 e. The number of hydrogen-bond donors (Lipinski definition) is 1. The number of nitrogens with one attached hydrogen (secondary N) is 1. The lowest BCUT2D eigenvalue weighted by Crippen LogP contribution is -2.29. The number of carbonyl (C=O) groups excluding carboxylic acids is 1. The van der Waals surface area contributed by atoms with Crippen molar-refractivity contribution in [3.8, 4) is 5.75 Å². The van der Waals surface area contributed by atoms with Gasteiger partial charge in [0.1, 0.15) is 11.6 Å². The molecule has 2 heterocycles. The van der Waals surface area contributed by atoms with E-state index in [4.69, 9.17) is 4.74 Å². The average molecular weight is 328 g/mol. The number of aryl methyl sites for hydroxylation is 3. The number of rotatable bonds is 5. The summed E-state index contributed by atoms with van der Waals surface area (Å²) in [5.74, 6) is 2.46. The topological polar surface area (TPSA) is 69.0 Å². The summed E-state index contributed by atoms with van der Waals surface area (Å²) in [4.78, 5) is 12.1. The zero-order valence-corrected chi connectivity index (χ0v) is 14.3. The fourth-order valence-corrected chi connectivity index (χ4v) is 2.91. The highest BCUT2D eigenvalue weighted by Crippen LogP contribution is 2.19. The Labute approximate surface area is 142 Å². The second-order valence-electron chi connectivity index (χ2n) is 6.33. The fraction of sp³-hybridized carbons (Fsp3) is 0.500. The predicted molar refractivity (Wildman–Crippen MR) is 90.8 cm³/mol. The molecule has 3 rings (SSSR count). The van der Waals surface area contributed by atoms with Crippen LogP contribution in [0.3, 0.4) is 0 Å². The number of carbonyl (C=O) groups is 1. The van der Waals surface area contributed by atoms with E-state index in [0.29, 0.717) is 6.54 Å². The maximum absolute atomic E-state index is 12.1. The summed E-state index contributed by atoms with van der Waals surface area (Å²) >= 11 is 0. The molecule has 0 saturated heterocycles. The van der Waals surface area contributed by atoms with Gasteiger partial charge in [0.15, 0.2) is 12.4 Å². The van der Waals surface area contributed by atoms with Gasteiger partial charge >= 0.3 is 0 Å². The summed E-state index contributed by atoms with van der Waals surface area (Å²) < 4.78 is 7.76. The van der Waals surface area contributed by atoms with Gasteiger partial charge in [0, 0.05) is 13.0 Å². The van der Waals surface area contributed by atoms with Crippen LogP contribution >= 0.6 is 0 Å². The molecule has 1 aromatic heterocycles. The van der Waals surface area contributed by atoms with E-state index in [0.717, 1.165) is 54.3 Å². The second-order valence-corrected chi connectivity index (χ2v) is 6.33. The number of ether oxygens (including phenoxy) is 1. The molecule has 24 heavy (non-hydrogen) atoms. The zero-order chi connectivity index (χ0) is 16.9. The molecule has 0 aliphatic carbocycles. The van der Waals surface area contributed by atoms with Gasteiger partial charge in [-0.3, -0.25) is 4.79 Å². The normalized spacial score (nSPS) is 13.9. The minimum absolute atomic E-state index is 0.00525. The number of amides is 1. The van der Waals surface area contributed by atoms with Gasteiger partial charge in [-0.2, -0.15) is 0 Å². The molecule has 1 amide bonds. The molecule has 0 unspecified atom stereocenters. The van der Waals surface area contributed by atoms with Gasteiger partial charge in [0.2, 0.25) is 0 Å². The molecule has 6 nitrogen and oxygen atoms in total. The molecule has 0 saturated carbocycles. The molecule has 2 aromatic rings. The van der Waals surface area contributed by atoms with Crippen LogP contribution in [-0.4, -0.2) is 27.3 Å². The fourth-order valence-electron chi connectivity index (χ4n) is 2.91. The first-order chi connectivity index (χ1) is 11.6. The number of benzene rings is 1. The number of nitrogens with zero attached hydrogens (tertiary/aromatic N) is 3. The summed E-state index contributed by atoms with van der Waals surface area (Å²) in [6.07, 6.45) is 4.49. The first-order valence-corrected chi connectivity index (χ1v) is 8.51. The highest BCUT2D eigenvalue weighted by molar-refractivity contribution is 5.77. The Hall–Kier alpha value is -2.37. The van der Waals surface area contributed by atoms with Crippen LogP contribution in [0.2, 0.25) is 0 Å². The Kier molecular flexibility index (Phi) is 5.13. The summed E-state index contributed by atoms with van der Waals surface area (Å²) in [6.45, 7) is 5.31. The summed E-state index contributed by atoms with van der Waals surface area (Å²) in [6, 6.07) is 5.97. The molecule has 0 fully saturated rings. The highest BCUT2D eigenvalue weighted by atomic mass is 16.5. The van der Waals surface area contributed by atoms with E-state index in [1.54, 1.807) is 0 Å². The van der Waals surface area contributed by atoms with Crippen molar-refractivity contribution in [2.75, 3.05) is 6.61 Å². The van der Waals surface area contributed by atoms with Gasteiger partial charge in [-0.15, -0.1) is 10.2 Å². The molecule has 0 spiro atoms. The van der Waals surface area contributed by atoms with Crippen LogP contribution in [0.1, 0.15) is 42.0 Å². The molecule has 1 aliphatic heterocycles. The monoisotopic (exact) mass is 328 g/mol. The van der Waals surface area contributed by atoms with Gasteiger partial charge in [-0.05, 0) is 43.9 Å². The molecule has 1 aromatic carbocycles. The zero-order valence-electron chi connectivity index (χ0n) is 14.3. The van der Waals surface area contributed by atoms with Crippen molar-refractivity contribution in [1.29, 1.82) is 0 Å². The summed E-state index contributed by atoms with van der Waals surface area (Å²) in [5.41, 5.74) is 2.14. The van der Waals surface area contributed by atoms with Crippen LogP contribution in [0.15, 0.2) is 18.2 Å². The van der Waals surface area contributed by atoms with E-state index in [1.165, 1.54) is 6.42 Å². The number of fused-ring (bicyclic) bond motifs is 1. The van der Waals surface area contributed by atoms with Gasteiger partial charge in [-0.25, -0.2) is 0 Å². The van der Waals surface area contributed by atoms with Crippen molar-refractivity contribution in [2.24, 2.45) is 0 Å². The second kappa shape index (κ2) is 7.47. The van der Waals surface area contributed by atoms with E-state index in [9.17, 15) is 4.79 Å². The minimum Gasteiger partial charge on any atom is -0.483 e. The van der Waals surface area contributed by atoms with Crippen molar-refractivity contribution in [3.05, 3.63) is 41.0 Å². The van der Waals surface area contributed by atoms with E-state index in [1.807, 2.05) is 32.0 Å². The van der Waals surface area contributed by atoms with Crippen LogP contribution < -0.4 is 10.1 Å². The van der Waals surface area contributed by atoms with E-state index in [-0.39, 0.29) is 12.5 Å². The highest BCUT2D eigenvalue weighted by Gasteiger charge is 2.15. The Bertz CT molecular complexity index is 724. The molecule has 6 heteroatoms. The SMILES string of the molecule is Cc1ccc(C)c(OCC(=O)NCc2nnc3n2CCCCC3)c1. The van der Waals surface area contributed by atoms with Crippen LogP contribution in [0, 0.1) is 13.8 Å². The lowest BCUT2D eigenvalue weighted by atomic mass is 10.1. The number of hydrogen-bond acceptors (Lipinski definition) is 4. The van der Waals surface area contributed by atoms with Crippen LogP contribution in [-0.2, 0) is 24.3 Å². The van der Waals surface area contributed by atoms with Gasteiger partial charge < -0.3 is 14.6 Å². The first kappa shape index (κ1) is 16.5. The van der Waals surface area contributed by atoms with Crippen LogP contribution in [0.4, 0.5) is 0 Å². The van der Waals surface area contributed by atoms with Crippen molar-refractivity contribution in [2.45, 2.75) is 52.6 Å². The van der Waals surface area contributed by atoms with E-state index >= 15 is 0 Å². The van der Waals surface area contributed by atoms with Crippen LogP contribution in [0.5, 0.6) is 5.75 Å². The van der Waals surface area contributed by atoms with Gasteiger partial charge in [0.25, 0.3) is 5.91 Å². The van der Waals surface area contributed by atoms with Gasteiger partial charge in [-0.1, -0.05) is 18.6 Å². The van der Waals surface area contributed by atoms with Gasteiger partial charge in [0.05, 0.1) is 6.54 Å². The summed E-state index contributed by atoms with van der Waals surface area (Å²) in [5, 5.41) is 11.3. The molecule has 0 radical (unpaired) electrons. The predicted octanol–water partition coefficient (Wildman–Crippen LogP) is 2.32. The van der Waals surface area contributed by atoms with Crippen molar-refractivity contribution in [1.82, 2.24) is 20.1 Å². The largest absolute Gasteiger partial charge is 0.483 e. The van der Waals surface area contributed by atoms with Crippen molar-refractivity contribution in [3.63, 3.8) is 0 Å². The Morgan fingerprint density at radius 2 is 2.12 bits per heavy atom. The van der Waals surface area contributed by atoms with Crippen molar-refractivity contribution < 1.29 is 9.53 Å². The Morgan fingerprint density at radius 3 is 3.00 bits per heavy atom. The molecule has 128 valence electrons. The lowest BCUT2D eigenvalue weighted by molar-refractivity contribution is -0.123. The standard InChI is InChI=1S/C18H24N4O2/c1-13-7-8-14(2)15(10-13)24-12-18(23)19-11-17-21-20-16-6-4-3-5-9-22(16)17/h7-8,10H,3-6,9,11-12H2,1-2H3,(H,19,23). The average Bonchev–Trinajstić information content (AvgIpc) is 2.80. The van der Waals surface area contributed by atoms with Crippen LogP contribution in [0.25, 0.3) is 0 Å². The molecular weight excluding hydrogens is 304 g/mol. The number of aromatic nitrogens is 3. The molecule has 0 atom stereocenters. The summed E-state index contributed by atoms with van der Waals surface area (Å²) in [7, 11) is 0. The third-order valence-electron chi connectivity index (χ3n) is 4.33.